The number of ether oxygens (including phenoxy) is 1. The van der Waals surface area contributed by atoms with Crippen molar-refractivity contribution < 1.29 is 14.2 Å². The molecule has 2 aromatic rings. The number of hydrogen-bond donors (Lipinski definition) is 1. The van der Waals surface area contributed by atoms with Gasteiger partial charge in [0.2, 0.25) is 0 Å². The molecule has 0 radical (unpaired) electrons. The third-order valence-corrected chi connectivity index (χ3v) is 4.47. The van der Waals surface area contributed by atoms with Crippen LogP contribution in [0.4, 0.5) is 4.39 Å². The van der Waals surface area contributed by atoms with Crippen LogP contribution < -0.4 is 4.74 Å². The maximum absolute atomic E-state index is 13.8. The molecule has 0 aliphatic carbocycles. The summed E-state index contributed by atoms with van der Waals surface area (Å²) in [5.41, 5.74) is 0.592. The lowest BCUT2D eigenvalue weighted by Gasteiger charge is -2.40. The fourth-order valence-electron chi connectivity index (χ4n) is 3.01. The van der Waals surface area contributed by atoms with Crippen LogP contribution in [0.5, 0.6) is 5.75 Å². The number of likely N-dealkylation sites (tertiary alicyclic amines) is 1. The molecule has 23 heavy (non-hydrogen) atoms. The lowest BCUT2D eigenvalue weighted by atomic mass is 9.91. The summed E-state index contributed by atoms with van der Waals surface area (Å²) in [5, 5.41) is 9.80. The van der Waals surface area contributed by atoms with Gasteiger partial charge in [-0.3, -0.25) is 4.90 Å². The number of hydrogen-bond acceptors (Lipinski definition) is 3. The summed E-state index contributed by atoms with van der Waals surface area (Å²) in [7, 11) is 0. The topological polar surface area (TPSA) is 32.7 Å². The van der Waals surface area contributed by atoms with Gasteiger partial charge in [-0.2, -0.15) is 0 Å². The maximum Gasteiger partial charge on any atom is 0.165 e. The Bertz CT molecular complexity index is 624. The molecule has 1 aliphatic rings. The van der Waals surface area contributed by atoms with Gasteiger partial charge < -0.3 is 9.84 Å². The molecule has 4 heteroatoms. The van der Waals surface area contributed by atoms with Crippen molar-refractivity contribution in [2.45, 2.75) is 25.0 Å². The van der Waals surface area contributed by atoms with Crippen LogP contribution in [0.3, 0.4) is 0 Å². The van der Waals surface area contributed by atoms with Crippen LogP contribution in [0.15, 0.2) is 54.6 Å². The summed E-state index contributed by atoms with van der Waals surface area (Å²) in [4.78, 5) is 2.34. The van der Waals surface area contributed by atoms with Crippen LogP contribution in [0.2, 0.25) is 0 Å². The van der Waals surface area contributed by atoms with E-state index in [1.165, 1.54) is 11.6 Å². The van der Waals surface area contributed by atoms with Gasteiger partial charge in [0, 0.05) is 32.5 Å². The van der Waals surface area contributed by atoms with E-state index < -0.39 is 5.60 Å². The largest absolute Gasteiger partial charge is 0.482 e. The average Bonchev–Trinajstić information content (AvgIpc) is 2.60. The highest BCUT2D eigenvalue weighted by Gasteiger charge is 2.36. The highest BCUT2D eigenvalue weighted by molar-refractivity contribution is 5.25. The van der Waals surface area contributed by atoms with Gasteiger partial charge >= 0.3 is 0 Å². The van der Waals surface area contributed by atoms with Gasteiger partial charge in [0.1, 0.15) is 5.60 Å². The van der Waals surface area contributed by atoms with E-state index in [2.05, 4.69) is 17.0 Å². The molecule has 3 rings (SSSR count). The first-order valence-electron chi connectivity index (χ1n) is 8.01. The lowest BCUT2D eigenvalue weighted by molar-refractivity contribution is -0.0427. The van der Waals surface area contributed by atoms with E-state index in [0.717, 1.165) is 19.6 Å². The molecule has 0 atom stereocenters. The minimum Gasteiger partial charge on any atom is -0.482 e. The van der Waals surface area contributed by atoms with E-state index in [9.17, 15) is 9.50 Å². The summed E-state index contributed by atoms with van der Waals surface area (Å²) in [5.74, 6) is -0.162. The SMILES string of the molecule is OCC1(Oc2ccccc2F)CCN(Cc2ccccc2)CC1. The summed E-state index contributed by atoms with van der Waals surface area (Å²) in [6.07, 6.45) is 1.37. The number of aliphatic hydroxyl groups excluding tert-OH is 1. The van der Waals surface area contributed by atoms with Crippen molar-refractivity contribution in [3.05, 3.63) is 66.0 Å². The molecule has 0 aromatic heterocycles. The van der Waals surface area contributed by atoms with Gasteiger partial charge in [-0.1, -0.05) is 42.5 Å². The van der Waals surface area contributed by atoms with E-state index >= 15 is 0 Å². The predicted octanol–water partition coefficient (Wildman–Crippen LogP) is 3.23. The standard InChI is InChI=1S/C19H22FNO2/c20-17-8-4-5-9-18(17)23-19(15-22)10-12-21(13-11-19)14-16-6-2-1-3-7-16/h1-9,22H,10-15H2. The van der Waals surface area contributed by atoms with Crippen molar-refractivity contribution in [1.29, 1.82) is 0 Å². The second-order valence-corrected chi connectivity index (χ2v) is 6.14. The highest BCUT2D eigenvalue weighted by atomic mass is 19.1. The average molecular weight is 315 g/mol. The molecule has 1 saturated heterocycles. The fraction of sp³-hybridized carbons (Fsp3) is 0.368. The second-order valence-electron chi connectivity index (χ2n) is 6.14. The van der Waals surface area contributed by atoms with Gasteiger partial charge in [0.15, 0.2) is 11.6 Å². The summed E-state index contributed by atoms with van der Waals surface area (Å²) in [6.45, 7) is 2.44. The van der Waals surface area contributed by atoms with Crippen molar-refractivity contribution in [1.82, 2.24) is 4.90 Å². The normalized spacial score (nSPS) is 17.8. The lowest BCUT2D eigenvalue weighted by Crippen LogP contribution is -2.50. The smallest absolute Gasteiger partial charge is 0.165 e. The van der Waals surface area contributed by atoms with Crippen LogP contribution in [-0.4, -0.2) is 35.3 Å². The Morgan fingerprint density at radius 2 is 1.65 bits per heavy atom. The monoisotopic (exact) mass is 315 g/mol. The number of nitrogens with zero attached hydrogens (tertiary/aromatic N) is 1. The van der Waals surface area contributed by atoms with Crippen LogP contribution in [0, 0.1) is 5.82 Å². The molecule has 0 bridgehead atoms. The molecule has 1 aliphatic heterocycles. The van der Waals surface area contributed by atoms with Gasteiger partial charge in [0.05, 0.1) is 6.61 Å². The molecule has 122 valence electrons. The molecular weight excluding hydrogens is 293 g/mol. The Morgan fingerprint density at radius 3 is 2.30 bits per heavy atom. The number of para-hydroxylation sites is 1. The van der Waals surface area contributed by atoms with Crippen molar-refractivity contribution >= 4 is 0 Å². The summed E-state index contributed by atoms with van der Waals surface area (Å²) < 4.78 is 19.7. The van der Waals surface area contributed by atoms with Crippen molar-refractivity contribution in [2.75, 3.05) is 19.7 Å². The number of piperidine rings is 1. The Morgan fingerprint density at radius 1 is 1.00 bits per heavy atom. The number of rotatable bonds is 5. The molecule has 1 fully saturated rings. The van der Waals surface area contributed by atoms with Crippen molar-refractivity contribution in [3.8, 4) is 5.75 Å². The van der Waals surface area contributed by atoms with Crippen LogP contribution in [0.1, 0.15) is 18.4 Å². The first-order chi connectivity index (χ1) is 11.2. The van der Waals surface area contributed by atoms with E-state index in [1.807, 2.05) is 18.2 Å². The van der Waals surface area contributed by atoms with E-state index in [4.69, 9.17) is 4.74 Å². The minimum absolute atomic E-state index is 0.0967. The Hall–Kier alpha value is -1.91. The molecule has 3 nitrogen and oxygen atoms in total. The predicted molar refractivity (Wildman–Crippen MR) is 87.8 cm³/mol. The molecule has 0 amide bonds. The zero-order valence-electron chi connectivity index (χ0n) is 13.1. The van der Waals surface area contributed by atoms with Gasteiger partial charge in [-0.25, -0.2) is 4.39 Å². The van der Waals surface area contributed by atoms with E-state index in [-0.39, 0.29) is 18.2 Å². The first kappa shape index (κ1) is 16.0. The third-order valence-electron chi connectivity index (χ3n) is 4.47. The Balaban J connectivity index is 1.62. The fourth-order valence-corrected chi connectivity index (χ4v) is 3.01. The number of aliphatic hydroxyl groups is 1. The molecule has 0 unspecified atom stereocenters. The van der Waals surface area contributed by atoms with E-state index in [0.29, 0.717) is 12.8 Å². The maximum atomic E-state index is 13.8. The summed E-state index contributed by atoms with van der Waals surface area (Å²) >= 11 is 0. The van der Waals surface area contributed by atoms with Crippen LogP contribution in [-0.2, 0) is 6.54 Å². The third kappa shape index (κ3) is 3.89. The summed E-state index contributed by atoms with van der Waals surface area (Å²) in [6, 6.07) is 16.7. The van der Waals surface area contributed by atoms with Gasteiger partial charge in [-0.15, -0.1) is 0 Å². The Labute approximate surface area is 136 Å². The van der Waals surface area contributed by atoms with Crippen LogP contribution in [0.25, 0.3) is 0 Å². The Kier molecular flexibility index (Phi) is 4.94. The molecule has 1 heterocycles. The van der Waals surface area contributed by atoms with Crippen molar-refractivity contribution in [2.24, 2.45) is 0 Å². The van der Waals surface area contributed by atoms with Crippen molar-refractivity contribution in [3.63, 3.8) is 0 Å². The second kappa shape index (κ2) is 7.11. The number of benzene rings is 2. The molecular formula is C19H22FNO2. The zero-order valence-corrected chi connectivity index (χ0v) is 13.1. The van der Waals surface area contributed by atoms with E-state index in [1.54, 1.807) is 18.2 Å². The zero-order chi connectivity index (χ0) is 16.1. The molecule has 0 spiro atoms. The molecule has 0 saturated carbocycles. The highest BCUT2D eigenvalue weighted by Crippen LogP contribution is 2.30. The van der Waals surface area contributed by atoms with Crippen LogP contribution >= 0.6 is 0 Å². The van der Waals surface area contributed by atoms with Gasteiger partial charge in [-0.05, 0) is 17.7 Å². The first-order valence-corrected chi connectivity index (χ1v) is 8.01. The quantitative estimate of drug-likeness (QED) is 0.919. The molecule has 1 N–H and O–H groups in total. The number of halogens is 1. The minimum atomic E-state index is -0.685. The molecule has 2 aromatic carbocycles. The van der Waals surface area contributed by atoms with Gasteiger partial charge in [0.25, 0.3) is 0 Å².